The van der Waals surface area contributed by atoms with Crippen molar-refractivity contribution in [2.75, 3.05) is 0 Å². The maximum absolute atomic E-state index is 12.2. The van der Waals surface area contributed by atoms with E-state index in [1.165, 1.54) is 0 Å². The summed E-state index contributed by atoms with van der Waals surface area (Å²) in [5, 5.41) is 0. The summed E-state index contributed by atoms with van der Waals surface area (Å²) in [7, 11) is 0. The van der Waals surface area contributed by atoms with Gasteiger partial charge in [0.05, 0.1) is 0 Å². The first-order valence-electron chi connectivity index (χ1n) is 2.41. The van der Waals surface area contributed by atoms with Crippen molar-refractivity contribution in [2.24, 2.45) is 0 Å². The second kappa shape index (κ2) is 1.50. The Kier molecular flexibility index (Phi) is 1.06. The van der Waals surface area contributed by atoms with E-state index in [1.807, 2.05) is 0 Å². The third-order valence-electron chi connectivity index (χ3n) is 1.43. The van der Waals surface area contributed by atoms with Gasteiger partial charge in [0.25, 0.3) is 0 Å². The quantitative estimate of drug-likeness (QED) is 0.502. The molecule has 0 aromatic carbocycles. The van der Waals surface area contributed by atoms with E-state index in [-0.39, 0.29) is 12.8 Å². The zero-order valence-corrected chi connectivity index (χ0v) is 4.16. The molecule has 1 aliphatic carbocycles. The van der Waals surface area contributed by atoms with E-state index in [0.29, 0.717) is 0 Å². The molecule has 1 rings (SSSR count). The van der Waals surface area contributed by atoms with Crippen LogP contribution in [-0.4, -0.2) is 18.1 Å². The Morgan fingerprint density at radius 3 is 2.38 bits per heavy atom. The van der Waals surface area contributed by atoms with E-state index in [2.05, 4.69) is 0 Å². The third kappa shape index (κ3) is 0.538. The lowest BCUT2D eigenvalue weighted by Crippen LogP contribution is -2.46. The fourth-order valence-corrected chi connectivity index (χ4v) is 0.622. The fraction of sp³-hybridized carbons (Fsp3) is 0.800. The van der Waals surface area contributed by atoms with Gasteiger partial charge in [-0.2, -0.15) is 0 Å². The Balaban J connectivity index is 2.54. The lowest BCUT2D eigenvalue weighted by molar-refractivity contribution is 0.0184. The summed E-state index contributed by atoms with van der Waals surface area (Å²) in [5.41, 5.74) is -2.25. The lowest BCUT2D eigenvalue weighted by Gasteiger charge is -2.31. The zero-order valence-electron chi connectivity index (χ0n) is 4.16. The molecule has 1 fully saturated rings. The number of hydrogen-bond acceptors (Lipinski definition) is 1. The second-order valence-corrected chi connectivity index (χ2v) is 1.97. The van der Waals surface area contributed by atoms with Crippen molar-refractivity contribution in [3.05, 3.63) is 0 Å². The van der Waals surface area contributed by atoms with Gasteiger partial charge < -0.3 is 0 Å². The van der Waals surface area contributed by atoms with Crippen LogP contribution in [-0.2, 0) is 4.79 Å². The first-order valence-corrected chi connectivity index (χ1v) is 2.41. The van der Waals surface area contributed by atoms with Crippen molar-refractivity contribution in [2.45, 2.75) is 24.7 Å². The SMILES string of the molecule is O=[C]C1(F)CCC1F. The van der Waals surface area contributed by atoms with Crippen molar-refractivity contribution in [3.8, 4) is 0 Å². The molecule has 1 radical (unpaired) electrons. The van der Waals surface area contributed by atoms with Gasteiger partial charge in [-0.05, 0) is 12.8 Å². The molecule has 0 saturated heterocycles. The van der Waals surface area contributed by atoms with Gasteiger partial charge in [-0.15, -0.1) is 0 Å². The highest BCUT2D eigenvalue weighted by atomic mass is 19.2. The molecule has 0 aromatic rings. The summed E-state index contributed by atoms with van der Waals surface area (Å²) < 4.78 is 24.2. The Bertz CT molecular complexity index is 115. The molecule has 0 N–H and O–H groups in total. The number of carbonyl (C=O) groups excluding carboxylic acids is 1. The lowest BCUT2D eigenvalue weighted by atomic mass is 9.81. The van der Waals surface area contributed by atoms with Crippen LogP contribution >= 0.6 is 0 Å². The smallest absolute Gasteiger partial charge is 0.242 e. The molecule has 0 bridgehead atoms. The van der Waals surface area contributed by atoms with Crippen LogP contribution in [0.5, 0.6) is 0 Å². The molecule has 45 valence electrons. The fourth-order valence-electron chi connectivity index (χ4n) is 0.622. The van der Waals surface area contributed by atoms with Gasteiger partial charge in [0, 0.05) is 0 Å². The predicted octanol–water partition coefficient (Wildman–Crippen LogP) is 0.936. The number of hydrogen-bond donors (Lipinski definition) is 0. The van der Waals surface area contributed by atoms with Gasteiger partial charge in [-0.25, -0.2) is 8.78 Å². The van der Waals surface area contributed by atoms with E-state index in [4.69, 9.17) is 0 Å². The summed E-state index contributed by atoms with van der Waals surface area (Å²) in [6.45, 7) is 0. The number of alkyl halides is 2. The third-order valence-corrected chi connectivity index (χ3v) is 1.43. The highest BCUT2D eigenvalue weighted by molar-refractivity contribution is 5.66. The minimum absolute atomic E-state index is 0.00231. The average Bonchev–Trinajstić information content (AvgIpc) is 1.83. The van der Waals surface area contributed by atoms with E-state index in [0.717, 1.165) is 6.29 Å². The highest BCUT2D eigenvalue weighted by Gasteiger charge is 2.49. The molecule has 2 unspecified atom stereocenters. The average molecular weight is 119 g/mol. The summed E-state index contributed by atoms with van der Waals surface area (Å²) in [5.74, 6) is 0. The Hall–Kier alpha value is -0.470. The van der Waals surface area contributed by atoms with Crippen LogP contribution in [0.15, 0.2) is 0 Å². The van der Waals surface area contributed by atoms with Crippen LogP contribution in [0.25, 0.3) is 0 Å². The normalized spacial score (nSPS) is 45.5. The van der Waals surface area contributed by atoms with Gasteiger partial charge in [0.15, 0.2) is 0 Å². The largest absolute Gasteiger partial charge is 0.287 e. The van der Waals surface area contributed by atoms with E-state index in [1.54, 1.807) is 0 Å². The minimum Gasteiger partial charge on any atom is -0.287 e. The Morgan fingerprint density at radius 1 is 1.75 bits per heavy atom. The maximum Gasteiger partial charge on any atom is 0.242 e. The topological polar surface area (TPSA) is 17.1 Å². The molecule has 1 saturated carbocycles. The van der Waals surface area contributed by atoms with E-state index >= 15 is 0 Å². The van der Waals surface area contributed by atoms with Crippen molar-refractivity contribution in [1.29, 1.82) is 0 Å². The molecular weight excluding hydrogens is 114 g/mol. The van der Waals surface area contributed by atoms with Crippen molar-refractivity contribution >= 4 is 6.29 Å². The highest BCUT2D eigenvalue weighted by Crippen LogP contribution is 2.36. The molecule has 0 heterocycles. The van der Waals surface area contributed by atoms with Crippen molar-refractivity contribution < 1.29 is 13.6 Å². The molecule has 2 atom stereocenters. The minimum atomic E-state index is -2.25. The van der Waals surface area contributed by atoms with Crippen LogP contribution < -0.4 is 0 Å². The molecular formula is C5H5F2O. The number of rotatable bonds is 1. The maximum atomic E-state index is 12.2. The van der Waals surface area contributed by atoms with E-state index < -0.39 is 11.8 Å². The number of halogens is 2. The molecule has 0 spiro atoms. The Morgan fingerprint density at radius 2 is 2.38 bits per heavy atom. The molecule has 8 heavy (non-hydrogen) atoms. The van der Waals surface area contributed by atoms with Crippen molar-refractivity contribution in [1.82, 2.24) is 0 Å². The van der Waals surface area contributed by atoms with Crippen LogP contribution in [0, 0.1) is 0 Å². The van der Waals surface area contributed by atoms with Crippen molar-refractivity contribution in [3.63, 3.8) is 0 Å². The molecule has 3 heteroatoms. The van der Waals surface area contributed by atoms with Crippen LogP contribution in [0.3, 0.4) is 0 Å². The standard InChI is InChI=1S/C5H5F2O/c6-4-1-2-5(4,7)3-8/h4H,1-2H2. The Labute approximate surface area is 45.7 Å². The van der Waals surface area contributed by atoms with Gasteiger partial charge in [0.2, 0.25) is 12.0 Å². The van der Waals surface area contributed by atoms with Crippen LogP contribution in [0.1, 0.15) is 12.8 Å². The van der Waals surface area contributed by atoms with Gasteiger partial charge >= 0.3 is 0 Å². The molecule has 0 amide bonds. The summed E-state index contributed by atoms with van der Waals surface area (Å²) in [6.07, 6.45) is -0.405. The van der Waals surface area contributed by atoms with Gasteiger partial charge in [-0.1, -0.05) is 0 Å². The van der Waals surface area contributed by atoms with E-state index in [9.17, 15) is 13.6 Å². The first kappa shape index (κ1) is 5.66. The predicted molar refractivity (Wildman–Crippen MR) is 23.7 cm³/mol. The summed E-state index contributed by atoms with van der Waals surface area (Å²) >= 11 is 0. The van der Waals surface area contributed by atoms with Gasteiger partial charge in [0.1, 0.15) is 6.17 Å². The first-order chi connectivity index (χ1) is 3.69. The zero-order chi connectivity index (χ0) is 6.20. The molecule has 1 nitrogen and oxygen atoms in total. The monoisotopic (exact) mass is 119 g/mol. The van der Waals surface area contributed by atoms with Crippen LogP contribution in [0.2, 0.25) is 0 Å². The van der Waals surface area contributed by atoms with Crippen LogP contribution in [0.4, 0.5) is 8.78 Å². The molecule has 1 aliphatic rings. The molecule has 0 aliphatic heterocycles. The second-order valence-electron chi connectivity index (χ2n) is 1.97. The summed E-state index contributed by atoms with van der Waals surface area (Å²) in [6, 6.07) is 0. The summed E-state index contributed by atoms with van der Waals surface area (Å²) in [4.78, 5) is 9.58. The molecule has 0 aromatic heterocycles. The van der Waals surface area contributed by atoms with Gasteiger partial charge in [-0.3, -0.25) is 4.79 Å².